The van der Waals surface area contributed by atoms with Gasteiger partial charge in [-0.05, 0) is 62.1 Å². The summed E-state index contributed by atoms with van der Waals surface area (Å²) in [7, 11) is 0. The number of ether oxygens (including phenoxy) is 1. The quantitative estimate of drug-likeness (QED) is 0.439. The summed E-state index contributed by atoms with van der Waals surface area (Å²) >= 11 is 0. The van der Waals surface area contributed by atoms with Crippen LogP contribution in [-0.4, -0.2) is 39.7 Å². The molecule has 1 aliphatic heterocycles. The number of hydrogen-bond acceptors (Lipinski definition) is 4. The molecule has 9 heteroatoms. The minimum absolute atomic E-state index is 0. The van der Waals surface area contributed by atoms with Crippen LogP contribution in [0.3, 0.4) is 0 Å². The van der Waals surface area contributed by atoms with Gasteiger partial charge < -0.3 is 9.64 Å². The fourth-order valence-corrected chi connectivity index (χ4v) is 4.99. The second-order valence-corrected chi connectivity index (χ2v) is 9.15. The van der Waals surface area contributed by atoms with Crippen molar-refractivity contribution in [3.05, 3.63) is 64.2 Å². The molecule has 2 fully saturated rings. The van der Waals surface area contributed by atoms with Gasteiger partial charge in [-0.2, -0.15) is 13.2 Å². The molecule has 1 saturated carbocycles. The first-order chi connectivity index (χ1) is 16.3. The number of rotatable bonds is 5. The standard InChI is InChI=1S/C26H28F3N3O2.ClH/c1-2-23-30-22-8-4-7-21(26(27,28)29)24(22)25(33)32(23)18-9-11-19(12-10-18)34-20-13-15-31(16-14-20)17-5-3-6-17;/h4,7-12,17,20H,2-3,5-6,13-16H2,1H3;1H. The van der Waals surface area contributed by atoms with Gasteiger partial charge in [-0.1, -0.05) is 19.4 Å². The maximum absolute atomic E-state index is 13.6. The topological polar surface area (TPSA) is 47.4 Å². The zero-order valence-corrected chi connectivity index (χ0v) is 20.4. The van der Waals surface area contributed by atoms with Crippen LogP contribution >= 0.6 is 12.4 Å². The smallest absolute Gasteiger partial charge is 0.417 e. The largest absolute Gasteiger partial charge is 0.490 e. The average Bonchev–Trinajstić information content (AvgIpc) is 2.79. The van der Waals surface area contributed by atoms with Gasteiger partial charge >= 0.3 is 6.18 Å². The molecule has 5 rings (SSSR count). The van der Waals surface area contributed by atoms with Gasteiger partial charge in [0.15, 0.2) is 0 Å². The molecular formula is C26H29ClF3N3O2. The fourth-order valence-electron chi connectivity index (χ4n) is 4.99. The van der Waals surface area contributed by atoms with Crippen LogP contribution < -0.4 is 10.3 Å². The van der Waals surface area contributed by atoms with Crippen LogP contribution in [0.15, 0.2) is 47.3 Å². The lowest BCUT2D eigenvalue weighted by Gasteiger charge is -2.41. The molecule has 188 valence electrons. The Balaban J connectivity index is 0.00000289. The number of halogens is 4. The lowest BCUT2D eigenvalue weighted by atomic mass is 9.90. The van der Waals surface area contributed by atoms with Crippen molar-refractivity contribution in [2.75, 3.05) is 13.1 Å². The molecule has 1 aliphatic carbocycles. The van der Waals surface area contributed by atoms with Crippen LogP contribution in [0.1, 0.15) is 50.4 Å². The molecule has 0 amide bonds. The first kappa shape index (κ1) is 25.5. The van der Waals surface area contributed by atoms with Crippen molar-refractivity contribution in [3.63, 3.8) is 0 Å². The maximum Gasteiger partial charge on any atom is 0.417 e. The molecule has 35 heavy (non-hydrogen) atoms. The summed E-state index contributed by atoms with van der Waals surface area (Å²) in [4.78, 5) is 20.2. The van der Waals surface area contributed by atoms with Crippen molar-refractivity contribution >= 4 is 23.3 Å². The molecule has 5 nitrogen and oxygen atoms in total. The second kappa shape index (κ2) is 10.2. The summed E-state index contributed by atoms with van der Waals surface area (Å²) in [6.45, 7) is 3.92. The number of fused-ring (bicyclic) bond motifs is 1. The number of piperidine rings is 1. The van der Waals surface area contributed by atoms with E-state index in [1.54, 1.807) is 24.3 Å². The predicted molar refractivity (Wildman–Crippen MR) is 132 cm³/mol. The third-order valence-corrected chi connectivity index (χ3v) is 7.05. The molecule has 0 unspecified atom stereocenters. The van der Waals surface area contributed by atoms with Crippen LogP contribution in [0.2, 0.25) is 0 Å². The van der Waals surface area contributed by atoms with E-state index in [2.05, 4.69) is 9.88 Å². The lowest BCUT2D eigenvalue weighted by Crippen LogP contribution is -2.46. The van der Waals surface area contributed by atoms with E-state index in [0.717, 1.165) is 38.0 Å². The van der Waals surface area contributed by atoms with E-state index >= 15 is 0 Å². The Labute approximate surface area is 208 Å². The van der Waals surface area contributed by atoms with Gasteiger partial charge in [0, 0.05) is 25.6 Å². The lowest BCUT2D eigenvalue weighted by molar-refractivity contribution is -0.136. The monoisotopic (exact) mass is 507 g/mol. The minimum atomic E-state index is -4.64. The maximum atomic E-state index is 13.6. The molecule has 2 heterocycles. The van der Waals surface area contributed by atoms with E-state index in [1.807, 2.05) is 6.92 Å². The van der Waals surface area contributed by atoms with E-state index in [-0.39, 0.29) is 24.0 Å². The molecule has 2 aliphatic rings. The molecular weight excluding hydrogens is 479 g/mol. The zero-order chi connectivity index (χ0) is 23.9. The molecule has 0 atom stereocenters. The third kappa shape index (κ3) is 5.05. The minimum Gasteiger partial charge on any atom is -0.490 e. The zero-order valence-electron chi connectivity index (χ0n) is 19.6. The van der Waals surface area contributed by atoms with E-state index in [9.17, 15) is 18.0 Å². The summed E-state index contributed by atoms with van der Waals surface area (Å²) in [5.74, 6) is 1.11. The fraction of sp³-hybridized carbons (Fsp3) is 0.462. The third-order valence-electron chi connectivity index (χ3n) is 7.05. The van der Waals surface area contributed by atoms with E-state index in [4.69, 9.17) is 4.74 Å². The Morgan fingerprint density at radius 3 is 2.29 bits per heavy atom. The van der Waals surface area contributed by atoms with Gasteiger partial charge in [0.2, 0.25) is 0 Å². The summed E-state index contributed by atoms with van der Waals surface area (Å²) in [5.41, 5.74) is -1.15. The number of hydrogen-bond donors (Lipinski definition) is 0. The van der Waals surface area contributed by atoms with Crippen LogP contribution in [0, 0.1) is 0 Å². The SMILES string of the molecule is CCc1nc2cccc(C(F)(F)F)c2c(=O)n1-c1ccc(OC2CCN(C3CCC3)CC2)cc1.Cl. The number of likely N-dealkylation sites (tertiary alicyclic amines) is 1. The number of aryl methyl sites for hydroxylation is 1. The molecule has 0 bridgehead atoms. The summed E-state index contributed by atoms with van der Waals surface area (Å²) < 4.78 is 48.2. The van der Waals surface area contributed by atoms with Crippen molar-refractivity contribution in [1.82, 2.24) is 14.5 Å². The summed E-state index contributed by atoms with van der Waals surface area (Å²) in [6, 6.07) is 11.4. The highest BCUT2D eigenvalue weighted by Gasteiger charge is 2.34. The van der Waals surface area contributed by atoms with Gasteiger partial charge in [-0.25, -0.2) is 4.98 Å². The number of alkyl halides is 3. The predicted octanol–water partition coefficient (Wildman–Crippen LogP) is 5.78. The second-order valence-electron chi connectivity index (χ2n) is 9.15. The highest BCUT2D eigenvalue weighted by atomic mass is 35.5. The summed E-state index contributed by atoms with van der Waals surface area (Å²) in [5, 5.41) is -0.411. The average molecular weight is 508 g/mol. The van der Waals surface area contributed by atoms with Crippen LogP contribution in [-0.2, 0) is 12.6 Å². The van der Waals surface area contributed by atoms with Gasteiger partial charge in [0.25, 0.3) is 5.56 Å². The first-order valence-corrected chi connectivity index (χ1v) is 12.0. The van der Waals surface area contributed by atoms with E-state index < -0.39 is 22.7 Å². The molecule has 0 N–H and O–H groups in total. The van der Waals surface area contributed by atoms with E-state index in [1.165, 1.54) is 36.0 Å². The van der Waals surface area contributed by atoms with Crippen molar-refractivity contribution in [2.45, 2.75) is 63.8 Å². The van der Waals surface area contributed by atoms with Gasteiger partial charge in [-0.3, -0.25) is 9.36 Å². The van der Waals surface area contributed by atoms with Crippen LogP contribution in [0.25, 0.3) is 16.6 Å². The molecule has 1 saturated heterocycles. The van der Waals surface area contributed by atoms with Crippen molar-refractivity contribution < 1.29 is 17.9 Å². The van der Waals surface area contributed by atoms with E-state index in [0.29, 0.717) is 23.7 Å². The highest BCUT2D eigenvalue weighted by Crippen LogP contribution is 2.33. The first-order valence-electron chi connectivity index (χ1n) is 12.0. The molecule has 1 aromatic heterocycles. The van der Waals surface area contributed by atoms with Crippen molar-refractivity contribution in [3.8, 4) is 11.4 Å². The van der Waals surface area contributed by atoms with Crippen LogP contribution in [0.4, 0.5) is 13.2 Å². The molecule has 3 aromatic rings. The van der Waals surface area contributed by atoms with Gasteiger partial charge in [-0.15, -0.1) is 12.4 Å². The Bertz CT molecular complexity index is 1230. The van der Waals surface area contributed by atoms with Crippen LogP contribution in [0.5, 0.6) is 5.75 Å². The Morgan fingerprint density at radius 2 is 1.71 bits per heavy atom. The van der Waals surface area contributed by atoms with Gasteiger partial charge in [0.1, 0.15) is 17.7 Å². The number of benzene rings is 2. The highest BCUT2D eigenvalue weighted by molar-refractivity contribution is 5.85. The Morgan fingerprint density at radius 1 is 1.03 bits per heavy atom. The number of nitrogens with zero attached hydrogens (tertiary/aromatic N) is 3. The van der Waals surface area contributed by atoms with Gasteiger partial charge in [0.05, 0.1) is 22.2 Å². The molecule has 0 spiro atoms. The number of aromatic nitrogens is 2. The Kier molecular flexibility index (Phi) is 7.43. The molecule has 2 aromatic carbocycles. The van der Waals surface area contributed by atoms with Crippen molar-refractivity contribution in [2.24, 2.45) is 0 Å². The normalized spacial score (nSPS) is 17.7. The summed E-state index contributed by atoms with van der Waals surface area (Å²) in [6.07, 6.45) is 1.81. The molecule has 0 radical (unpaired) electrons. The van der Waals surface area contributed by atoms with Crippen molar-refractivity contribution in [1.29, 1.82) is 0 Å². The Hall–Kier alpha value is -2.58.